The monoisotopic (exact) mass is 293 g/mol. The summed E-state index contributed by atoms with van der Waals surface area (Å²) in [5.74, 6) is 0.862. The zero-order chi connectivity index (χ0) is 15.3. The van der Waals surface area contributed by atoms with Gasteiger partial charge in [0.05, 0.1) is 6.61 Å². The number of hydrogen-bond donors (Lipinski definition) is 2. The third-order valence-electron chi connectivity index (χ3n) is 3.23. The van der Waals surface area contributed by atoms with Crippen LogP contribution in [0.5, 0.6) is 5.75 Å². The number of nitrogens with one attached hydrogen (secondary N) is 2. The van der Waals surface area contributed by atoms with Crippen molar-refractivity contribution in [2.24, 2.45) is 0 Å². The van der Waals surface area contributed by atoms with E-state index >= 15 is 0 Å². The smallest absolute Gasteiger partial charge is 0.314 e. The van der Waals surface area contributed by atoms with Gasteiger partial charge in [-0.2, -0.15) is 0 Å². The van der Waals surface area contributed by atoms with Crippen LogP contribution in [0.3, 0.4) is 0 Å². The topological polar surface area (TPSA) is 53.6 Å². The van der Waals surface area contributed by atoms with Crippen LogP contribution in [0.2, 0.25) is 0 Å². The van der Waals surface area contributed by atoms with Gasteiger partial charge in [-0.25, -0.2) is 4.79 Å². The molecule has 0 radical (unpaired) electrons. The van der Waals surface area contributed by atoms with Crippen molar-refractivity contribution in [3.05, 3.63) is 30.3 Å². The summed E-state index contributed by atoms with van der Waals surface area (Å²) in [6.45, 7) is 9.04. The molecule has 0 spiro atoms. The lowest BCUT2D eigenvalue weighted by Gasteiger charge is -2.18. The summed E-state index contributed by atoms with van der Waals surface area (Å²) in [6, 6.07) is 9.58. The van der Waals surface area contributed by atoms with E-state index in [-0.39, 0.29) is 6.03 Å². The SMILES string of the molecule is CCN(CC)CCNC(=O)NCCCOc1ccccc1. The predicted octanol–water partition coefficient (Wildman–Crippen LogP) is 2.10. The molecular formula is C16H27N3O2. The number of amides is 2. The number of rotatable bonds is 10. The maximum Gasteiger partial charge on any atom is 0.314 e. The van der Waals surface area contributed by atoms with Crippen molar-refractivity contribution >= 4 is 6.03 Å². The molecule has 0 bridgehead atoms. The number of hydrogen-bond acceptors (Lipinski definition) is 3. The lowest BCUT2D eigenvalue weighted by atomic mass is 10.3. The molecule has 0 heterocycles. The van der Waals surface area contributed by atoms with E-state index in [0.29, 0.717) is 19.7 Å². The standard InChI is InChI=1S/C16H27N3O2/c1-3-19(4-2)13-12-18-16(20)17-11-8-14-21-15-9-6-5-7-10-15/h5-7,9-10H,3-4,8,11-14H2,1-2H3,(H2,17,18,20). The summed E-state index contributed by atoms with van der Waals surface area (Å²) < 4.78 is 5.55. The third kappa shape index (κ3) is 8.19. The molecule has 21 heavy (non-hydrogen) atoms. The molecule has 0 aliphatic rings. The Morgan fingerprint density at radius 1 is 1.10 bits per heavy atom. The van der Waals surface area contributed by atoms with Crippen LogP contribution in [0.25, 0.3) is 0 Å². The summed E-state index contributed by atoms with van der Waals surface area (Å²) in [7, 11) is 0. The van der Waals surface area contributed by atoms with E-state index in [0.717, 1.165) is 31.8 Å². The van der Waals surface area contributed by atoms with E-state index < -0.39 is 0 Å². The van der Waals surface area contributed by atoms with Gasteiger partial charge in [0.2, 0.25) is 0 Å². The summed E-state index contributed by atoms with van der Waals surface area (Å²) in [6.07, 6.45) is 0.790. The second-order valence-electron chi connectivity index (χ2n) is 4.72. The molecule has 2 amide bonds. The zero-order valence-electron chi connectivity index (χ0n) is 13.1. The van der Waals surface area contributed by atoms with Gasteiger partial charge in [-0.3, -0.25) is 0 Å². The molecule has 0 aliphatic heterocycles. The summed E-state index contributed by atoms with van der Waals surface area (Å²) in [5, 5.41) is 5.69. The van der Waals surface area contributed by atoms with Crippen LogP contribution < -0.4 is 15.4 Å². The van der Waals surface area contributed by atoms with Crippen LogP contribution in [-0.4, -0.2) is 50.3 Å². The van der Waals surface area contributed by atoms with Crippen LogP contribution in [0.15, 0.2) is 30.3 Å². The fourth-order valence-corrected chi connectivity index (χ4v) is 1.91. The van der Waals surface area contributed by atoms with Crippen molar-refractivity contribution < 1.29 is 9.53 Å². The molecule has 0 aromatic heterocycles. The Morgan fingerprint density at radius 3 is 2.43 bits per heavy atom. The number of urea groups is 1. The molecule has 5 heteroatoms. The molecule has 1 aromatic rings. The molecule has 2 N–H and O–H groups in total. The Bertz CT molecular complexity index is 380. The summed E-state index contributed by atoms with van der Waals surface area (Å²) in [4.78, 5) is 13.8. The van der Waals surface area contributed by atoms with E-state index in [1.165, 1.54) is 0 Å². The van der Waals surface area contributed by atoms with Crippen molar-refractivity contribution in [1.82, 2.24) is 15.5 Å². The maximum atomic E-state index is 11.6. The number of likely N-dealkylation sites (N-methyl/N-ethyl adjacent to an activating group) is 1. The molecule has 0 fully saturated rings. The number of carbonyl (C=O) groups excluding carboxylic acids is 1. The first-order valence-electron chi connectivity index (χ1n) is 7.68. The van der Waals surface area contributed by atoms with Crippen LogP contribution >= 0.6 is 0 Å². The lowest BCUT2D eigenvalue weighted by molar-refractivity contribution is 0.235. The average Bonchev–Trinajstić information content (AvgIpc) is 2.52. The first kappa shape index (κ1) is 17.3. The highest BCUT2D eigenvalue weighted by Gasteiger charge is 2.01. The minimum atomic E-state index is -0.109. The number of para-hydroxylation sites is 1. The quantitative estimate of drug-likeness (QED) is 0.650. The maximum absolute atomic E-state index is 11.6. The van der Waals surface area contributed by atoms with Crippen molar-refractivity contribution in [3.8, 4) is 5.75 Å². The molecule has 118 valence electrons. The lowest BCUT2D eigenvalue weighted by Crippen LogP contribution is -2.40. The average molecular weight is 293 g/mol. The summed E-state index contributed by atoms with van der Waals surface area (Å²) >= 11 is 0. The molecule has 0 saturated heterocycles. The van der Waals surface area contributed by atoms with Crippen molar-refractivity contribution in [1.29, 1.82) is 0 Å². The largest absolute Gasteiger partial charge is 0.494 e. The first-order valence-corrected chi connectivity index (χ1v) is 7.68. The molecule has 1 rings (SSSR count). The molecule has 0 saturated carbocycles. The van der Waals surface area contributed by atoms with Crippen LogP contribution in [0, 0.1) is 0 Å². The van der Waals surface area contributed by atoms with Gasteiger partial charge in [-0.05, 0) is 31.6 Å². The van der Waals surface area contributed by atoms with Crippen LogP contribution in [-0.2, 0) is 0 Å². The van der Waals surface area contributed by atoms with Gasteiger partial charge >= 0.3 is 6.03 Å². The molecular weight excluding hydrogens is 266 g/mol. The Hall–Kier alpha value is -1.75. The Labute approximate surface area is 127 Å². The van der Waals surface area contributed by atoms with Gasteiger partial charge in [-0.15, -0.1) is 0 Å². The Balaban J connectivity index is 1.98. The highest BCUT2D eigenvalue weighted by Crippen LogP contribution is 2.07. The van der Waals surface area contributed by atoms with E-state index in [1.807, 2.05) is 30.3 Å². The number of ether oxygens (including phenoxy) is 1. The number of benzene rings is 1. The first-order chi connectivity index (χ1) is 10.3. The van der Waals surface area contributed by atoms with Crippen LogP contribution in [0.4, 0.5) is 4.79 Å². The molecule has 0 aliphatic carbocycles. The number of nitrogens with zero attached hydrogens (tertiary/aromatic N) is 1. The minimum Gasteiger partial charge on any atom is -0.494 e. The van der Waals surface area contributed by atoms with Crippen molar-refractivity contribution in [2.45, 2.75) is 20.3 Å². The van der Waals surface area contributed by atoms with E-state index in [1.54, 1.807) is 0 Å². The van der Waals surface area contributed by atoms with E-state index in [2.05, 4.69) is 29.4 Å². The Morgan fingerprint density at radius 2 is 1.76 bits per heavy atom. The van der Waals surface area contributed by atoms with E-state index in [4.69, 9.17) is 4.74 Å². The van der Waals surface area contributed by atoms with Crippen molar-refractivity contribution in [3.63, 3.8) is 0 Å². The fraction of sp³-hybridized carbons (Fsp3) is 0.562. The minimum absolute atomic E-state index is 0.109. The van der Waals surface area contributed by atoms with Gasteiger partial charge < -0.3 is 20.3 Å². The molecule has 0 unspecified atom stereocenters. The third-order valence-corrected chi connectivity index (χ3v) is 3.23. The van der Waals surface area contributed by atoms with E-state index in [9.17, 15) is 4.79 Å². The second-order valence-corrected chi connectivity index (χ2v) is 4.72. The second kappa shape index (κ2) is 11.0. The highest BCUT2D eigenvalue weighted by molar-refractivity contribution is 5.73. The normalized spacial score (nSPS) is 10.4. The predicted molar refractivity (Wildman–Crippen MR) is 85.7 cm³/mol. The Kier molecular flexibility index (Phi) is 9.04. The van der Waals surface area contributed by atoms with Gasteiger partial charge in [0.1, 0.15) is 5.75 Å². The van der Waals surface area contributed by atoms with Gasteiger partial charge in [0.25, 0.3) is 0 Å². The van der Waals surface area contributed by atoms with Gasteiger partial charge in [0, 0.05) is 19.6 Å². The van der Waals surface area contributed by atoms with Crippen LogP contribution in [0.1, 0.15) is 20.3 Å². The fourth-order valence-electron chi connectivity index (χ4n) is 1.91. The molecule has 5 nitrogen and oxygen atoms in total. The van der Waals surface area contributed by atoms with Gasteiger partial charge in [-0.1, -0.05) is 32.0 Å². The number of carbonyl (C=O) groups is 1. The van der Waals surface area contributed by atoms with Crippen molar-refractivity contribution in [2.75, 3.05) is 39.3 Å². The zero-order valence-corrected chi connectivity index (χ0v) is 13.1. The molecule has 1 aromatic carbocycles. The molecule has 0 atom stereocenters. The van der Waals surface area contributed by atoms with Gasteiger partial charge in [0.15, 0.2) is 0 Å². The summed E-state index contributed by atoms with van der Waals surface area (Å²) in [5.41, 5.74) is 0. The highest BCUT2D eigenvalue weighted by atomic mass is 16.5.